The Labute approximate surface area is 89.1 Å². The molecule has 2 heterocycles. The van der Waals surface area contributed by atoms with Crippen LogP contribution >= 0.6 is 0 Å². The van der Waals surface area contributed by atoms with E-state index < -0.39 is 4.92 Å². The molecule has 2 aromatic heterocycles. The number of aromatic nitrogens is 2. The number of furan rings is 1. The van der Waals surface area contributed by atoms with E-state index in [0.29, 0.717) is 5.69 Å². The Hall–Kier alpha value is -2.64. The molecule has 0 saturated carbocycles. The lowest BCUT2D eigenvalue weighted by atomic mass is 10.3. The summed E-state index contributed by atoms with van der Waals surface area (Å²) < 4.78 is 4.94. The van der Waals surface area contributed by atoms with Gasteiger partial charge in [-0.15, -0.1) is 0 Å². The molecule has 0 amide bonds. The molecule has 8 heteroatoms. The third kappa shape index (κ3) is 1.75. The minimum absolute atomic E-state index is 0.0194. The molecule has 0 spiro atoms. The molecule has 0 aliphatic carbocycles. The number of hydrogen-bond donors (Lipinski definition) is 2. The summed E-state index contributed by atoms with van der Waals surface area (Å²) in [6.07, 6.45) is 0. The monoisotopic (exact) mass is 221 g/mol. The number of rotatable bonds is 2. The van der Waals surface area contributed by atoms with Crippen LogP contribution in [0.25, 0.3) is 11.5 Å². The van der Waals surface area contributed by atoms with Crippen molar-refractivity contribution in [1.29, 1.82) is 0 Å². The van der Waals surface area contributed by atoms with Crippen LogP contribution in [0.5, 0.6) is 0 Å². The van der Waals surface area contributed by atoms with Crippen molar-refractivity contribution >= 4 is 17.7 Å². The van der Waals surface area contributed by atoms with Gasteiger partial charge in [-0.3, -0.25) is 10.1 Å². The summed E-state index contributed by atoms with van der Waals surface area (Å²) in [5.74, 6) is -0.00568. The van der Waals surface area contributed by atoms with Crippen molar-refractivity contribution in [3.63, 3.8) is 0 Å². The Balaban J connectivity index is 2.46. The molecule has 2 aromatic rings. The average Bonchev–Trinajstić information content (AvgIpc) is 2.64. The van der Waals surface area contributed by atoms with E-state index in [2.05, 4.69) is 9.97 Å². The number of anilines is 2. The van der Waals surface area contributed by atoms with Gasteiger partial charge >= 0.3 is 5.88 Å². The Morgan fingerprint density at radius 1 is 1.31 bits per heavy atom. The highest BCUT2D eigenvalue weighted by atomic mass is 16.6. The molecule has 0 fully saturated rings. The molecule has 0 unspecified atom stereocenters. The van der Waals surface area contributed by atoms with Crippen molar-refractivity contribution in [2.45, 2.75) is 0 Å². The van der Waals surface area contributed by atoms with E-state index in [4.69, 9.17) is 15.9 Å². The van der Waals surface area contributed by atoms with E-state index >= 15 is 0 Å². The second-order valence-electron chi connectivity index (χ2n) is 2.93. The second kappa shape index (κ2) is 3.50. The molecule has 8 nitrogen and oxygen atoms in total. The van der Waals surface area contributed by atoms with E-state index in [9.17, 15) is 10.1 Å². The van der Waals surface area contributed by atoms with Gasteiger partial charge < -0.3 is 15.9 Å². The number of nitro groups is 1. The van der Waals surface area contributed by atoms with Crippen molar-refractivity contribution < 1.29 is 9.34 Å². The van der Waals surface area contributed by atoms with E-state index in [1.54, 1.807) is 0 Å². The fourth-order valence-corrected chi connectivity index (χ4v) is 1.17. The van der Waals surface area contributed by atoms with Gasteiger partial charge in [-0.25, -0.2) is 4.98 Å². The van der Waals surface area contributed by atoms with Gasteiger partial charge in [-0.05, 0) is 6.07 Å². The largest absolute Gasteiger partial charge is 0.433 e. The van der Waals surface area contributed by atoms with Crippen molar-refractivity contribution in [3.05, 3.63) is 28.3 Å². The summed E-state index contributed by atoms with van der Waals surface area (Å²) in [6, 6.07) is 4.06. The number of nitrogens with zero attached hydrogens (tertiary/aromatic N) is 3. The standard InChI is InChI=1S/C8H7N5O3/c9-6-3-4(11-8(10)12-6)5-1-2-7(16-5)13(14)15/h1-3H,(H4,9,10,11,12). The molecule has 16 heavy (non-hydrogen) atoms. The first kappa shape index (κ1) is 9.90. The van der Waals surface area contributed by atoms with Gasteiger partial charge in [0.15, 0.2) is 5.76 Å². The summed E-state index contributed by atoms with van der Waals surface area (Å²) in [6.45, 7) is 0. The fourth-order valence-electron chi connectivity index (χ4n) is 1.17. The highest BCUT2D eigenvalue weighted by Gasteiger charge is 2.14. The van der Waals surface area contributed by atoms with Gasteiger partial charge in [0, 0.05) is 6.07 Å². The highest BCUT2D eigenvalue weighted by molar-refractivity contribution is 5.59. The smallest absolute Gasteiger partial charge is 0.399 e. The Bertz CT molecular complexity index is 530. The summed E-state index contributed by atoms with van der Waals surface area (Å²) in [7, 11) is 0. The van der Waals surface area contributed by atoms with E-state index in [-0.39, 0.29) is 23.4 Å². The molecular formula is C8H7N5O3. The maximum atomic E-state index is 10.4. The summed E-state index contributed by atoms with van der Waals surface area (Å²) >= 11 is 0. The third-order valence-corrected chi connectivity index (χ3v) is 1.79. The lowest BCUT2D eigenvalue weighted by Gasteiger charge is -1.98. The van der Waals surface area contributed by atoms with Crippen LogP contribution in [0.4, 0.5) is 17.7 Å². The van der Waals surface area contributed by atoms with Crippen LogP contribution in [-0.2, 0) is 0 Å². The molecule has 0 saturated heterocycles. The molecule has 82 valence electrons. The van der Waals surface area contributed by atoms with Crippen molar-refractivity contribution in [2.75, 3.05) is 11.5 Å². The molecule has 0 atom stereocenters. The van der Waals surface area contributed by atoms with Crippen molar-refractivity contribution in [2.24, 2.45) is 0 Å². The maximum Gasteiger partial charge on any atom is 0.433 e. The summed E-state index contributed by atoms with van der Waals surface area (Å²) in [5, 5.41) is 10.4. The quantitative estimate of drug-likeness (QED) is 0.565. The van der Waals surface area contributed by atoms with Crippen LogP contribution in [0.3, 0.4) is 0 Å². The summed E-state index contributed by atoms with van der Waals surface area (Å²) in [4.78, 5) is 17.3. The van der Waals surface area contributed by atoms with E-state index in [0.717, 1.165) is 0 Å². The number of nitrogens with two attached hydrogens (primary N) is 2. The SMILES string of the molecule is Nc1cc(-c2ccc([N+](=O)[O-])o2)nc(N)n1. The van der Waals surface area contributed by atoms with Crippen molar-refractivity contribution in [3.8, 4) is 11.5 Å². The van der Waals surface area contributed by atoms with Gasteiger partial charge in [-0.1, -0.05) is 0 Å². The predicted octanol–water partition coefficient (Wildman–Crippen LogP) is 0.809. The number of nitrogen functional groups attached to an aromatic ring is 2. The van der Waals surface area contributed by atoms with Gasteiger partial charge in [-0.2, -0.15) is 4.98 Å². The first-order valence-corrected chi connectivity index (χ1v) is 4.21. The second-order valence-corrected chi connectivity index (χ2v) is 2.93. The van der Waals surface area contributed by atoms with Crippen LogP contribution < -0.4 is 11.5 Å². The van der Waals surface area contributed by atoms with Gasteiger partial charge in [0.2, 0.25) is 5.95 Å². The van der Waals surface area contributed by atoms with Gasteiger partial charge in [0.1, 0.15) is 16.4 Å². The van der Waals surface area contributed by atoms with E-state index in [1.807, 2.05) is 0 Å². The molecule has 2 rings (SSSR count). The van der Waals surface area contributed by atoms with Crippen LogP contribution in [0.1, 0.15) is 0 Å². The van der Waals surface area contributed by atoms with Gasteiger partial charge in [0.25, 0.3) is 0 Å². The zero-order valence-electron chi connectivity index (χ0n) is 7.95. The van der Waals surface area contributed by atoms with Crippen LogP contribution in [0, 0.1) is 10.1 Å². The molecule has 4 N–H and O–H groups in total. The van der Waals surface area contributed by atoms with Crippen LogP contribution in [0.15, 0.2) is 22.6 Å². The summed E-state index contributed by atoms with van der Waals surface area (Å²) in [5.41, 5.74) is 11.1. The molecule has 0 aliphatic heterocycles. The van der Waals surface area contributed by atoms with Gasteiger partial charge in [0.05, 0.1) is 6.07 Å². The predicted molar refractivity (Wildman–Crippen MR) is 55.2 cm³/mol. The van der Waals surface area contributed by atoms with Crippen LogP contribution in [-0.4, -0.2) is 14.9 Å². The number of hydrogen-bond acceptors (Lipinski definition) is 7. The minimum atomic E-state index is -0.641. The fraction of sp³-hybridized carbons (Fsp3) is 0. The molecule has 0 bridgehead atoms. The minimum Gasteiger partial charge on any atom is -0.399 e. The van der Waals surface area contributed by atoms with E-state index in [1.165, 1.54) is 18.2 Å². The normalized spacial score (nSPS) is 10.2. The molecular weight excluding hydrogens is 214 g/mol. The average molecular weight is 221 g/mol. The third-order valence-electron chi connectivity index (χ3n) is 1.79. The lowest BCUT2D eigenvalue weighted by Crippen LogP contribution is -2.00. The van der Waals surface area contributed by atoms with Crippen molar-refractivity contribution in [1.82, 2.24) is 9.97 Å². The highest BCUT2D eigenvalue weighted by Crippen LogP contribution is 2.25. The molecule has 0 aromatic carbocycles. The Morgan fingerprint density at radius 3 is 2.62 bits per heavy atom. The first-order valence-electron chi connectivity index (χ1n) is 4.21. The Morgan fingerprint density at radius 2 is 2.06 bits per heavy atom. The van der Waals surface area contributed by atoms with Crippen LogP contribution in [0.2, 0.25) is 0 Å². The first-order chi connectivity index (χ1) is 7.56. The maximum absolute atomic E-state index is 10.4. The molecule has 0 radical (unpaired) electrons. The molecule has 0 aliphatic rings. The topological polar surface area (TPSA) is 134 Å². The lowest BCUT2D eigenvalue weighted by molar-refractivity contribution is -0.401. The zero-order chi connectivity index (χ0) is 11.7. The Kier molecular flexibility index (Phi) is 2.16. The zero-order valence-corrected chi connectivity index (χ0v) is 7.95.